The molecule has 3 rings (SSSR count). The standard InChI is InChI=1S/C14H19FN2O/c15-13-8-11(10-18)3-4-14(13)17-7-6-16-5-1-2-12(16)9-17/h3-4,8,12,18H,1-2,5-7,9-10H2. The van der Waals surface area contributed by atoms with E-state index >= 15 is 0 Å². The van der Waals surface area contributed by atoms with E-state index in [1.54, 1.807) is 12.1 Å². The number of hydrogen-bond donors (Lipinski definition) is 1. The van der Waals surface area contributed by atoms with E-state index in [2.05, 4.69) is 9.80 Å². The number of benzene rings is 1. The summed E-state index contributed by atoms with van der Waals surface area (Å²) in [5.74, 6) is -0.215. The van der Waals surface area contributed by atoms with Crippen LogP contribution in [-0.4, -0.2) is 42.2 Å². The molecule has 1 N–H and O–H groups in total. The van der Waals surface area contributed by atoms with E-state index in [-0.39, 0.29) is 12.4 Å². The molecule has 2 fully saturated rings. The Morgan fingerprint density at radius 3 is 2.94 bits per heavy atom. The van der Waals surface area contributed by atoms with E-state index in [0.29, 0.717) is 17.3 Å². The van der Waals surface area contributed by atoms with Crippen LogP contribution in [0, 0.1) is 5.82 Å². The van der Waals surface area contributed by atoms with Crippen molar-refractivity contribution in [1.82, 2.24) is 4.90 Å². The summed E-state index contributed by atoms with van der Waals surface area (Å²) in [6.07, 6.45) is 2.50. The second-order valence-electron chi connectivity index (χ2n) is 5.22. The van der Waals surface area contributed by atoms with Crippen molar-refractivity contribution in [3.63, 3.8) is 0 Å². The first-order chi connectivity index (χ1) is 8.78. The summed E-state index contributed by atoms with van der Waals surface area (Å²) in [5, 5.41) is 9.00. The normalized spacial score (nSPS) is 24.3. The first-order valence-electron chi connectivity index (χ1n) is 6.66. The Morgan fingerprint density at radius 1 is 1.28 bits per heavy atom. The van der Waals surface area contributed by atoms with Gasteiger partial charge in [0.1, 0.15) is 5.82 Å². The summed E-state index contributed by atoms with van der Waals surface area (Å²) < 4.78 is 14.0. The quantitative estimate of drug-likeness (QED) is 0.863. The molecule has 0 spiro atoms. The smallest absolute Gasteiger partial charge is 0.146 e. The molecule has 1 unspecified atom stereocenters. The lowest BCUT2D eigenvalue weighted by Gasteiger charge is -2.39. The zero-order valence-corrected chi connectivity index (χ0v) is 10.5. The monoisotopic (exact) mass is 250 g/mol. The minimum atomic E-state index is -0.215. The minimum absolute atomic E-state index is 0.104. The van der Waals surface area contributed by atoms with Crippen molar-refractivity contribution in [2.45, 2.75) is 25.5 Å². The lowest BCUT2D eigenvalue weighted by atomic mass is 10.1. The lowest BCUT2D eigenvalue weighted by molar-refractivity contribution is 0.230. The highest BCUT2D eigenvalue weighted by Crippen LogP contribution is 2.27. The molecule has 4 heteroatoms. The number of halogens is 1. The van der Waals surface area contributed by atoms with Crippen molar-refractivity contribution in [3.05, 3.63) is 29.6 Å². The molecule has 2 saturated heterocycles. The Balaban J connectivity index is 1.78. The van der Waals surface area contributed by atoms with Crippen LogP contribution in [0.25, 0.3) is 0 Å². The van der Waals surface area contributed by atoms with Crippen molar-refractivity contribution in [3.8, 4) is 0 Å². The van der Waals surface area contributed by atoms with E-state index in [1.807, 2.05) is 0 Å². The summed E-state index contributed by atoms with van der Waals surface area (Å²) in [6, 6.07) is 5.64. The first-order valence-corrected chi connectivity index (χ1v) is 6.66. The molecule has 2 aliphatic rings. The van der Waals surface area contributed by atoms with Crippen LogP contribution in [0.1, 0.15) is 18.4 Å². The van der Waals surface area contributed by atoms with Crippen LogP contribution < -0.4 is 4.90 Å². The van der Waals surface area contributed by atoms with Gasteiger partial charge in [-0.15, -0.1) is 0 Å². The molecular formula is C14H19FN2O. The van der Waals surface area contributed by atoms with Crippen LogP contribution in [0.15, 0.2) is 18.2 Å². The van der Waals surface area contributed by atoms with E-state index < -0.39 is 0 Å². The highest BCUT2D eigenvalue weighted by atomic mass is 19.1. The molecular weight excluding hydrogens is 231 g/mol. The maximum Gasteiger partial charge on any atom is 0.146 e. The lowest BCUT2D eigenvalue weighted by Crippen LogP contribution is -2.50. The van der Waals surface area contributed by atoms with Gasteiger partial charge in [-0.2, -0.15) is 0 Å². The first kappa shape index (κ1) is 11.9. The average molecular weight is 250 g/mol. The molecule has 0 amide bonds. The van der Waals surface area contributed by atoms with Gasteiger partial charge in [-0.3, -0.25) is 4.90 Å². The Hall–Kier alpha value is -1.13. The number of fused-ring (bicyclic) bond motifs is 1. The number of aliphatic hydroxyl groups excluding tert-OH is 1. The van der Waals surface area contributed by atoms with E-state index in [0.717, 1.165) is 19.6 Å². The maximum atomic E-state index is 14.0. The van der Waals surface area contributed by atoms with E-state index in [1.165, 1.54) is 25.5 Å². The molecule has 0 aliphatic carbocycles. The fraction of sp³-hybridized carbons (Fsp3) is 0.571. The minimum Gasteiger partial charge on any atom is -0.392 e. The van der Waals surface area contributed by atoms with Crippen LogP contribution in [0.2, 0.25) is 0 Å². The number of anilines is 1. The second kappa shape index (κ2) is 4.86. The van der Waals surface area contributed by atoms with Gasteiger partial charge in [-0.05, 0) is 37.1 Å². The average Bonchev–Trinajstić information content (AvgIpc) is 2.85. The van der Waals surface area contributed by atoms with Crippen LogP contribution in [0.5, 0.6) is 0 Å². The zero-order chi connectivity index (χ0) is 12.5. The molecule has 18 heavy (non-hydrogen) atoms. The van der Waals surface area contributed by atoms with Crippen molar-refractivity contribution < 1.29 is 9.50 Å². The second-order valence-corrected chi connectivity index (χ2v) is 5.22. The molecule has 0 bridgehead atoms. The molecule has 1 aromatic rings. The number of piperazine rings is 1. The topological polar surface area (TPSA) is 26.7 Å². The van der Waals surface area contributed by atoms with Crippen LogP contribution >= 0.6 is 0 Å². The number of hydrogen-bond acceptors (Lipinski definition) is 3. The predicted octanol–water partition coefficient (Wildman–Crippen LogP) is 1.60. The molecule has 1 aromatic carbocycles. The molecule has 2 heterocycles. The van der Waals surface area contributed by atoms with Crippen LogP contribution in [0.4, 0.5) is 10.1 Å². The van der Waals surface area contributed by atoms with Crippen molar-refractivity contribution in [2.75, 3.05) is 31.1 Å². The molecule has 1 atom stereocenters. The Bertz CT molecular complexity index is 438. The summed E-state index contributed by atoms with van der Waals surface area (Å²) in [5.41, 5.74) is 1.31. The van der Waals surface area contributed by atoms with Crippen molar-refractivity contribution >= 4 is 5.69 Å². The summed E-state index contributed by atoms with van der Waals surface area (Å²) in [4.78, 5) is 4.65. The molecule has 2 aliphatic heterocycles. The fourth-order valence-electron chi connectivity index (χ4n) is 3.12. The van der Waals surface area contributed by atoms with Gasteiger partial charge in [-0.25, -0.2) is 4.39 Å². The molecule has 0 aromatic heterocycles. The SMILES string of the molecule is OCc1ccc(N2CCN3CCCC3C2)c(F)c1. The third-order valence-electron chi connectivity index (χ3n) is 4.12. The zero-order valence-electron chi connectivity index (χ0n) is 10.5. The molecule has 3 nitrogen and oxygen atoms in total. The third kappa shape index (κ3) is 2.10. The third-order valence-corrected chi connectivity index (χ3v) is 4.12. The van der Waals surface area contributed by atoms with Gasteiger partial charge in [0.25, 0.3) is 0 Å². The van der Waals surface area contributed by atoms with Gasteiger partial charge in [0, 0.05) is 25.7 Å². The Labute approximate surface area is 107 Å². The van der Waals surface area contributed by atoms with Crippen LogP contribution in [-0.2, 0) is 6.61 Å². The van der Waals surface area contributed by atoms with Crippen molar-refractivity contribution in [1.29, 1.82) is 0 Å². The van der Waals surface area contributed by atoms with E-state index in [4.69, 9.17) is 5.11 Å². The fourth-order valence-corrected chi connectivity index (χ4v) is 3.12. The number of rotatable bonds is 2. The van der Waals surface area contributed by atoms with Gasteiger partial charge in [0.15, 0.2) is 0 Å². The van der Waals surface area contributed by atoms with Crippen LogP contribution in [0.3, 0.4) is 0 Å². The number of nitrogens with zero attached hydrogens (tertiary/aromatic N) is 2. The van der Waals surface area contributed by atoms with Gasteiger partial charge < -0.3 is 10.0 Å². The molecule has 0 saturated carbocycles. The Kier molecular flexibility index (Phi) is 3.22. The van der Waals surface area contributed by atoms with Gasteiger partial charge >= 0.3 is 0 Å². The largest absolute Gasteiger partial charge is 0.392 e. The molecule has 0 radical (unpaired) electrons. The summed E-state index contributed by atoms with van der Waals surface area (Å²) in [6.45, 7) is 3.95. The maximum absolute atomic E-state index is 14.0. The van der Waals surface area contributed by atoms with E-state index in [9.17, 15) is 4.39 Å². The van der Waals surface area contributed by atoms with Gasteiger partial charge in [0.2, 0.25) is 0 Å². The van der Waals surface area contributed by atoms with Gasteiger partial charge in [-0.1, -0.05) is 6.07 Å². The van der Waals surface area contributed by atoms with Gasteiger partial charge in [0.05, 0.1) is 12.3 Å². The van der Waals surface area contributed by atoms with Crippen molar-refractivity contribution in [2.24, 2.45) is 0 Å². The summed E-state index contributed by atoms with van der Waals surface area (Å²) >= 11 is 0. The predicted molar refractivity (Wildman–Crippen MR) is 69.1 cm³/mol. The summed E-state index contributed by atoms with van der Waals surface area (Å²) in [7, 11) is 0. The molecule has 98 valence electrons. The number of aliphatic hydroxyl groups is 1. The Morgan fingerprint density at radius 2 is 2.17 bits per heavy atom. The highest BCUT2D eigenvalue weighted by Gasteiger charge is 2.31. The highest BCUT2D eigenvalue weighted by molar-refractivity contribution is 5.50.